The van der Waals surface area contributed by atoms with E-state index in [1.165, 1.54) is 6.07 Å². The number of benzene rings is 3. The Labute approximate surface area is 240 Å². The first-order valence-corrected chi connectivity index (χ1v) is 14.6. The summed E-state index contributed by atoms with van der Waals surface area (Å²) in [5.41, 5.74) is 5.31. The van der Waals surface area contributed by atoms with Crippen LogP contribution in [0.15, 0.2) is 96.0 Å². The Morgan fingerprint density at radius 1 is 0.902 bits per heavy atom. The highest BCUT2D eigenvalue weighted by Gasteiger charge is 2.14. The summed E-state index contributed by atoms with van der Waals surface area (Å²) in [6, 6.07) is 25.3. The number of carbonyl (C=O) groups is 2. The summed E-state index contributed by atoms with van der Waals surface area (Å²) < 4.78 is 29.9. The minimum Gasteiger partial charge on any atom is -0.481 e. The van der Waals surface area contributed by atoms with Crippen molar-refractivity contribution >= 4 is 50.5 Å². The second kappa shape index (κ2) is 13.6. The predicted molar refractivity (Wildman–Crippen MR) is 157 cm³/mol. The zero-order valence-corrected chi connectivity index (χ0v) is 23.2. The van der Waals surface area contributed by atoms with E-state index in [0.29, 0.717) is 29.7 Å². The molecule has 5 aromatic rings. The fourth-order valence-electron chi connectivity index (χ4n) is 3.75. The van der Waals surface area contributed by atoms with E-state index in [1.807, 2.05) is 66.7 Å². The number of anilines is 1. The van der Waals surface area contributed by atoms with Crippen molar-refractivity contribution in [3.8, 4) is 11.1 Å². The SMILES string of the molecule is NS(=O)(=O)c1cccc2nsnc12.O=C(O)CCc1ccc(-c2cccc(NC(=O)NCc3ccccn3)c2)cc1. The van der Waals surface area contributed by atoms with Crippen molar-refractivity contribution < 1.29 is 23.1 Å². The fourth-order valence-corrected chi connectivity index (χ4v) is 5.05. The average molecular weight is 591 g/mol. The molecule has 2 amide bonds. The lowest BCUT2D eigenvalue weighted by atomic mass is 10.0. The molecule has 0 saturated carbocycles. The molecule has 0 aliphatic rings. The van der Waals surface area contributed by atoms with E-state index in [9.17, 15) is 18.0 Å². The fraction of sp³-hybridized carbons (Fsp3) is 0.107. The van der Waals surface area contributed by atoms with E-state index < -0.39 is 16.0 Å². The first kappa shape index (κ1) is 29.3. The lowest BCUT2D eigenvalue weighted by Gasteiger charge is -2.09. The number of pyridine rings is 1. The molecule has 11 nitrogen and oxygen atoms in total. The van der Waals surface area contributed by atoms with Gasteiger partial charge in [0.1, 0.15) is 15.9 Å². The van der Waals surface area contributed by atoms with Crippen molar-refractivity contribution in [1.29, 1.82) is 0 Å². The smallest absolute Gasteiger partial charge is 0.319 e. The van der Waals surface area contributed by atoms with Gasteiger partial charge < -0.3 is 15.7 Å². The lowest BCUT2D eigenvalue weighted by molar-refractivity contribution is -0.136. The number of nitrogens with one attached hydrogen (secondary N) is 2. The molecular weight excluding hydrogens is 564 g/mol. The minimum absolute atomic E-state index is 0.0266. The molecule has 0 fully saturated rings. The Morgan fingerprint density at radius 2 is 1.68 bits per heavy atom. The molecule has 0 unspecified atom stereocenters. The van der Waals surface area contributed by atoms with Gasteiger partial charge in [-0.15, -0.1) is 0 Å². The Kier molecular flexibility index (Phi) is 9.68. The maximum absolute atomic E-state index is 12.1. The van der Waals surface area contributed by atoms with Crippen LogP contribution in [0.4, 0.5) is 10.5 Å². The van der Waals surface area contributed by atoms with E-state index in [0.717, 1.165) is 34.1 Å². The number of aliphatic carboxylic acids is 1. The molecule has 0 saturated heterocycles. The van der Waals surface area contributed by atoms with E-state index in [-0.39, 0.29) is 17.3 Å². The van der Waals surface area contributed by atoms with Crippen LogP contribution in [-0.4, -0.2) is 39.3 Å². The van der Waals surface area contributed by atoms with Gasteiger partial charge in [0, 0.05) is 18.3 Å². The molecule has 0 spiro atoms. The highest BCUT2D eigenvalue weighted by Crippen LogP contribution is 2.23. The number of sulfonamides is 1. The van der Waals surface area contributed by atoms with E-state index in [2.05, 4.69) is 24.4 Å². The number of nitrogens with two attached hydrogens (primary N) is 1. The van der Waals surface area contributed by atoms with Gasteiger partial charge in [0.25, 0.3) is 0 Å². The van der Waals surface area contributed by atoms with Crippen LogP contribution in [0.2, 0.25) is 0 Å². The highest BCUT2D eigenvalue weighted by atomic mass is 32.2. The lowest BCUT2D eigenvalue weighted by Crippen LogP contribution is -2.28. The number of fused-ring (bicyclic) bond motifs is 1. The van der Waals surface area contributed by atoms with Gasteiger partial charge in [-0.1, -0.05) is 48.5 Å². The first-order chi connectivity index (χ1) is 19.7. The summed E-state index contributed by atoms with van der Waals surface area (Å²) in [6.45, 7) is 0.351. The normalized spacial score (nSPS) is 10.9. The van der Waals surface area contributed by atoms with Gasteiger partial charge in [0.2, 0.25) is 10.0 Å². The van der Waals surface area contributed by atoms with Gasteiger partial charge in [-0.25, -0.2) is 18.4 Å². The largest absolute Gasteiger partial charge is 0.481 e. The zero-order chi connectivity index (χ0) is 29.2. The topological polar surface area (TPSA) is 177 Å². The molecule has 5 rings (SSSR count). The van der Waals surface area contributed by atoms with Gasteiger partial charge in [-0.3, -0.25) is 9.78 Å². The molecule has 0 aliphatic heterocycles. The Morgan fingerprint density at radius 3 is 2.39 bits per heavy atom. The van der Waals surface area contributed by atoms with Gasteiger partial charge in [-0.2, -0.15) is 8.75 Å². The van der Waals surface area contributed by atoms with Gasteiger partial charge >= 0.3 is 12.0 Å². The number of aryl methyl sites for hydroxylation is 1. The summed E-state index contributed by atoms with van der Waals surface area (Å²) in [4.78, 5) is 27.0. The van der Waals surface area contributed by atoms with Crippen LogP contribution in [0.1, 0.15) is 17.7 Å². The van der Waals surface area contributed by atoms with E-state index in [4.69, 9.17) is 10.2 Å². The third kappa shape index (κ3) is 8.63. The zero-order valence-electron chi connectivity index (χ0n) is 21.6. The standard InChI is InChI=1S/C22H21N3O3.C6H5N3O2S2/c26-21(27)12-9-16-7-10-17(11-8-16)18-4-3-6-19(14-18)25-22(28)24-15-20-5-1-2-13-23-20;7-13(10,11)5-3-1-2-4-6(5)9-12-8-4/h1-8,10-11,13-14H,9,12,15H2,(H,26,27)(H2,24,25,28);1-3H,(H2,7,10,11). The molecule has 13 heteroatoms. The summed E-state index contributed by atoms with van der Waals surface area (Å²) in [7, 11) is -3.70. The van der Waals surface area contributed by atoms with Crippen molar-refractivity contribution in [1.82, 2.24) is 19.0 Å². The van der Waals surface area contributed by atoms with Gasteiger partial charge in [0.15, 0.2) is 0 Å². The third-order valence-corrected chi connectivity index (χ3v) is 7.23. The number of nitrogens with zero attached hydrogens (tertiary/aromatic N) is 3. The summed E-state index contributed by atoms with van der Waals surface area (Å²) in [5.74, 6) is -0.802. The number of carboxylic acids is 1. The number of aromatic nitrogens is 3. The molecule has 2 heterocycles. The number of hydrogen-bond donors (Lipinski definition) is 4. The van der Waals surface area contributed by atoms with Crippen LogP contribution in [-0.2, 0) is 27.8 Å². The molecule has 210 valence electrons. The third-order valence-electron chi connectivity index (χ3n) is 5.75. The van der Waals surface area contributed by atoms with E-state index in [1.54, 1.807) is 18.3 Å². The summed E-state index contributed by atoms with van der Waals surface area (Å²) >= 11 is 0.963. The first-order valence-electron chi connectivity index (χ1n) is 12.3. The number of urea groups is 1. The minimum atomic E-state index is -3.70. The monoisotopic (exact) mass is 590 g/mol. The van der Waals surface area contributed by atoms with Crippen LogP contribution in [0.5, 0.6) is 0 Å². The van der Waals surface area contributed by atoms with Gasteiger partial charge in [0.05, 0.1) is 24.0 Å². The van der Waals surface area contributed by atoms with Crippen molar-refractivity contribution in [2.75, 3.05) is 5.32 Å². The number of carboxylic acid groups (broad SMARTS) is 1. The van der Waals surface area contributed by atoms with Crippen LogP contribution < -0.4 is 15.8 Å². The van der Waals surface area contributed by atoms with Crippen LogP contribution in [0.3, 0.4) is 0 Å². The quantitative estimate of drug-likeness (QED) is 0.205. The average Bonchev–Trinajstić information content (AvgIpc) is 3.45. The Bertz CT molecular complexity index is 1740. The van der Waals surface area contributed by atoms with Crippen molar-refractivity contribution in [3.63, 3.8) is 0 Å². The van der Waals surface area contributed by atoms with Crippen molar-refractivity contribution in [2.24, 2.45) is 5.14 Å². The van der Waals surface area contributed by atoms with Crippen molar-refractivity contribution in [2.45, 2.75) is 24.3 Å². The Hall–Kier alpha value is -4.72. The number of carbonyl (C=O) groups excluding carboxylic acids is 1. The maximum Gasteiger partial charge on any atom is 0.319 e. The second-order valence-corrected chi connectivity index (χ2v) is 10.8. The van der Waals surface area contributed by atoms with Gasteiger partial charge in [-0.05, 0) is 59.5 Å². The van der Waals surface area contributed by atoms with Crippen LogP contribution in [0, 0.1) is 0 Å². The molecule has 0 radical (unpaired) electrons. The molecule has 41 heavy (non-hydrogen) atoms. The number of amides is 2. The molecule has 0 bridgehead atoms. The van der Waals surface area contributed by atoms with E-state index >= 15 is 0 Å². The van der Waals surface area contributed by atoms with Crippen LogP contribution >= 0.6 is 11.7 Å². The molecule has 3 aromatic carbocycles. The maximum atomic E-state index is 12.1. The predicted octanol–water partition coefficient (Wildman–Crippen LogP) is 4.43. The number of primary sulfonamides is 1. The number of hydrogen-bond acceptors (Lipinski definition) is 8. The highest BCUT2D eigenvalue weighted by molar-refractivity contribution is 7.89. The second-order valence-electron chi connectivity index (χ2n) is 8.73. The molecule has 0 atom stereocenters. The summed E-state index contributed by atoms with van der Waals surface area (Å²) in [5, 5.41) is 19.4. The number of rotatable bonds is 8. The molecular formula is C28H26N6O5S2. The van der Waals surface area contributed by atoms with Crippen molar-refractivity contribution in [3.05, 3.63) is 102 Å². The molecule has 0 aliphatic carbocycles. The Balaban J connectivity index is 0.000000247. The molecule has 2 aromatic heterocycles. The summed E-state index contributed by atoms with van der Waals surface area (Å²) in [6.07, 6.45) is 2.31. The molecule has 5 N–H and O–H groups in total. The van der Waals surface area contributed by atoms with Crippen LogP contribution in [0.25, 0.3) is 22.2 Å².